The molecule has 39 heavy (non-hydrogen) atoms. The van der Waals surface area contributed by atoms with E-state index in [0.29, 0.717) is 63.7 Å². The van der Waals surface area contributed by atoms with Crippen molar-refractivity contribution in [1.82, 2.24) is 39.2 Å². The molecule has 2 N–H and O–H groups in total. The molecule has 0 spiro atoms. The molecule has 0 fully saturated rings. The molecule has 0 aliphatic carbocycles. The van der Waals surface area contributed by atoms with E-state index in [1.165, 1.54) is 24.9 Å². The second-order valence-corrected chi connectivity index (χ2v) is 8.72. The number of ether oxygens (including phenoxy) is 3. The van der Waals surface area contributed by atoms with E-state index >= 15 is 0 Å². The summed E-state index contributed by atoms with van der Waals surface area (Å²) in [5.41, 5.74) is 2.50. The number of nitrogens with one attached hydrogen (secondary N) is 1. The van der Waals surface area contributed by atoms with Gasteiger partial charge in [-0.15, -0.1) is 0 Å². The maximum Gasteiger partial charge on any atom is 0.232 e. The topological polar surface area (TPSA) is 159 Å². The third kappa shape index (κ3) is 5.25. The van der Waals surface area contributed by atoms with Crippen LogP contribution in [0.2, 0.25) is 0 Å². The second kappa shape index (κ2) is 11.5. The highest BCUT2D eigenvalue weighted by atomic mass is 32.2. The highest BCUT2D eigenvalue weighted by Crippen LogP contribution is 2.38. The average molecular weight is 549 g/mol. The first-order chi connectivity index (χ1) is 19.0. The van der Waals surface area contributed by atoms with E-state index in [1.54, 1.807) is 49.1 Å². The zero-order valence-corrected chi connectivity index (χ0v) is 22.0. The van der Waals surface area contributed by atoms with Gasteiger partial charge in [-0.2, -0.15) is 0 Å². The molecule has 2 unspecified atom stereocenters. The molecule has 2 atom stereocenters. The fourth-order valence-corrected chi connectivity index (χ4v) is 4.53. The van der Waals surface area contributed by atoms with Gasteiger partial charge in [0.2, 0.25) is 17.1 Å². The summed E-state index contributed by atoms with van der Waals surface area (Å²) in [5.74, 6) is 1.82. The number of imidazole rings is 1. The van der Waals surface area contributed by atoms with Crippen molar-refractivity contribution in [3.05, 3.63) is 72.6 Å². The predicted octanol–water partition coefficient (Wildman–Crippen LogP) is 2.90. The molecule has 5 aromatic rings. The van der Waals surface area contributed by atoms with E-state index in [-0.39, 0.29) is 0 Å². The monoisotopic (exact) mass is 548 g/mol. The Hall–Kier alpha value is -4.53. The summed E-state index contributed by atoms with van der Waals surface area (Å²) >= 11 is -2.37. The lowest BCUT2D eigenvalue weighted by Crippen LogP contribution is -2.25. The molecule has 0 saturated heterocycles. The van der Waals surface area contributed by atoms with Crippen LogP contribution in [0, 0.1) is 0 Å². The van der Waals surface area contributed by atoms with Crippen molar-refractivity contribution in [3.8, 4) is 34.6 Å². The Labute approximate surface area is 225 Å². The summed E-state index contributed by atoms with van der Waals surface area (Å²) in [5, 5.41) is 0. The van der Waals surface area contributed by atoms with Crippen molar-refractivity contribution in [2.24, 2.45) is 0 Å². The number of nitrogens with zero attached hydrogens (tertiary/aromatic N) is 7. The highest BCUT2D eigenvalue weighted by Gasteiger charge is 2.26. The van der Waals surface area contributed by atoms with Crippen molar-refractivity contribution in [3.63, 3.8) is 0 Å². The van der Waals surface area contributed by atoms with Crippen molar-refractivity contribution in [1.29, 1.82) is 0 Å². The van der Waals surface area contributed by atoms with Crippen LogP contribution in [0.1, 0.15) is 24.2 Å². The number of methoxy groups -OCH3 is 2. The van der Waals surface area contributed by atoms with Gasteiger partial charge in [-0.3, -0.25) is 9.12 Å². The highest BCUT2D eigenvalue weighted by molar-refractivity contribution is 7.77. The smallest absolute Gasteiger partial charge is 0.232 e. The van der Waals surface area contributed by atoms with Gasteiger partial charge in [0, 0.05) is 24.0 Å². The van der Waals surface area contributed by atoms with Gasteiger partial charge in [-0.25, -0.2) is 38.8 Å². The molecule has 0 aliphatic rings. The Balaban J connectivity index is 1.81. The molecule has 5 rings (SSSR count). The van der Waals surface area contributed by atoms with Gasteiger partial charge in [-0.1, -0.05) is 12.1 Å². The number of benzene rings is 1. The molecule has 4 aromatic heterocycles. The van der Waals surface area contributed by atoms with Gasteiger partial charge in [0.05, 0.1) is 38.8 Å². The molecular weight excluding hydrogens is 524 g/mol. The van der Waals surface area contributed by atoms with Gasteiger partial charge in [0.15, 0.2) is 17.1 Å². The molecule has 0 amide bonds. The number of pyridine rings is 1. The quantitative estimate of drug-likeness (QED) is 0.247. The van der Waals surface area contributed by atoms with E-state index in [4.69, 9.17) is 24.2 Å². The van der Waals surface area contributed by atoms with Gasteiger partial charge in [-0.05, 0) is 25.1 Å². The van der Waals surface area contributed by atoms with Crippen molar-refractivity contribution >= 4 is 22.6 Å². The number of rotatable bonds is 10. The largest absolute Gasteiger partial charge is 0.494 e. The lowest BCUT2D eigenvalue weighted by Gasteiger charge is -2.18. The third-order valence-corrected chi connectivity index (χ3v) is 6.13. The van der Waals surface area contributed by atoms with Crippen LogP contribution >= 0.6 is 0 Å². The second-order valence-electron chi connectivity index (χ2n) is 7.99. The first-order valence-electron chi connectivity index (χ1n) is 11.7. The van der Waals surface area contributed by atoms with Crippen molar-refractivity contribution in [2.75, 3.05) is 20.8 Å². The van der Waals surface area contributed by atoms with Crippen LogP contribution < -0.4 is 18.9 Å². The Kier molecular flexibility index (Phi) is 7.67. The van der Waals surface area contributed by atoms with Crippen LogP contribution in [0.5, 0.6) is 17.4 Å². The molecule has 1 aromatic carbocycles. The summed E-state index contributed by atoms with van der Waals surface area (Å²) in [7, 11) is 3.10. The maximum absolute atomic E-state index is 11.8. The van der Waals surface area contributed by atoms with Crippen LogP contribution in [-0.2, 0) is 11.3 Å². The summed E-state index contributed by atoms with van der Waals surface area (Å²) < 4.78 is 42.7. The predicted molar refractivity (Wildman–Crippen MR) is 142 cm³/mol. The van der Waals surface area contributed by atoms with Gasteiger partial charge in [0.1, 0.15) is 29.2 Å². The minimum Gasteiger partial charge on any atom is -0.494 e. The van der Waals surface area contributed by atoms with E-state index in [0.717, 1.165) is 0 Å². The van der Waals surface area contributed by atoms with E-state index in [2.05, 4.69) is 24.7 Å². The van der Waals surface area contributed by atoms with Gasteiger partial charge >= 0.3 is 0 Å². The Morgan fingerprint density at radius 1 is 1.00 bits per heavy atom. The average Bonchev–Trinajstić information content (AvgIpc) is 3.34. The zero-order valence-electron chi connectivity index (χ0n) is 21.2. The van der Waals surface area contributed by atoms with Crippen molar-refractivity contribution < 1.29 is 23.0 Å². The van der Waals surface area contributed by atoms with Gasteiger partial charge in [0.25, 0.3) is 0 Å². The molecule has 14 heteroatoms. The number of fused-ring (bicyclic) bond motifs is 1. The molecule has 4 heterocycles. The minimum absolute atomic E-state index is 0.304. The minimum atomic E-state index is -2.37. The standard InChI is InChI=1S/C25H24N8O5S/c1-4-38-20-10-5-7-16(29-20)24-31-23-25(33(24)22-18(36-2)8-6-9-19(22)37-3)30-17(13-28-23)21(32-39(34)35)15-11-26-14-27-12-15/h5-14,21,32H,4H2,1-3H3,(H,34,35). The van der Waals surface area contributed by atoms with E-state index in [1.807, 2.05) is 13.0 Å². The molecule has 0 bridgehead atoms. The Morgan fingerprint density at radius 2 is 1.72 bits per heavy atom. The summed E-state index contributed by atoms with van der Waals surface area (Å²) in [6, 6.07) is 9.89. The van der Waals surface area contributed by atoms with Gasteiger partial charge < -0.3 is 14.2 Å². The number of para-hydroxylation sites is 1. The van der Waals surface area contributed by atoms with Crippen LogP contribution in [0.15, 0.2) is 61.3 Å². The Bertz CT molecular complexity index is 1610. The SMILES string of the molecule is CCOc1cccc(-c2nc3ncc(C(NS(=O)O)c4cncnc4)nc3n2-c2c(OC)cccc2OC)n1. The van der Waals surface area contributed by atoms with Crippen LogP contribution in [-0.4, -0.2) is 64.1 Å². The fourth-order valence-electron chi connectivity index (χ4n) is 4.07. The van der Waals surface area contributed by atoms with E-state index < -0.39 is 17.3 Å². The van der Waals surface area contributed by atoms with Crippen molar-refractivity contribution in [2.45, 2.75) is 13.0 Å². The summed E-state index contributed by atoms with van der Waals surface area (Å²) in [6.45, 7) is 2.32. The lowest BCUT2D eigenvalue weighted by molar-refractivity contribution is 0.327. The van der Waals surface area contributed by atoms with Crippen LogP contribution in [0.4, 0.5) is 0 Å². The molecule has 200 valence electrons. The third-order valence-electron chi connectivity index (χ3n) is 5.69. The zero-order chi connectivity index (χ0) is 27.4. The molecule has 13 nitrogen and oxygen atoms in total. The number of hydrogen-bond donors (Lipinski definition) is 2. The Morgan fingerprint density at radius 3 is 2.38 bits per heavy atom. The first-order valence-corrected chi connectivity index (χ1v) is 12.8. The first kappa shape index (κ1) is 26.1. The number of hydrogen-bond acceptors (Lipinski definition) is 10. The number of aromatic nitrogens is 7. The summed E-state index contributed by atoms with van der Waals surface area (Å²) in [4.78, 5) is 26.8. The van der Waals surface area contributed by atoms with Crippen LogP contribution in [0.3, 0.4) is 0 Å². The molecule has 0 radical (unpaired) electrons. The fraction of sp³-hybridized carbons (Fsp3) is 0.200. The maximum atomic E-state index is 11.8. The lowest BCUT2D eigenvalue weighted by atomic mass is 10.1. The molecule has 0 saturated carbocycles. The normalized spacial score (nSPS) is 12.7. The molecular formula is C25H24N8O5S. The van der Waals surface area contributed by atoms with E-state index in [9.17, 15) is 8.76 Å². The molecule has 0 aliphatic heterocycles. The summed E-state index contributed by atoms with van der Waals surface area (Å²) in [6.07, 6.45) is 5.89. The van der Waals surface area contributed by atoms with Crippen LogP contribution in [0.25, 0.3) is 28.5 Å².